The number of hydrogen-bond donors (Lipinski definition) is 0. The van der Waals surface area contributed by atoms with Gasteiger partial charge in [-0.05, 0) is 62.7 Å². The predicted molar refractivity (Wildman–Crippen MR) is 103 cm³/mol. The molecule has 0 saturated carbocycles. The van der Waals surface area contributed by atoms with Crippen molar-refractivity contribution in [1.29, 1.82) is 0 Å². The summed E-state index contributed by atoms with van der Waals surface area (Å²) in [6.07, 6.45) is 4.91. The Kier molecular flexibility index (Phi) is 6.41. The maximum Gasteiger partial charge on any atom is 0.254 e. The van der Waals surface area contributed by atoms with Gasteiger partial charge >= 0.3 is 0 Å². The van der Waals surface area contributed by atoms with E-state index < -0.39 is 0 Å². The summed E-state index contributed by atoms with van der Waals surface area (Å²) >= 11 is 0. The van der Waals surface area contributed by atoms with Gasteiger partial charge < -0.3 is 19.3 Å². The molecule has 0 aliphatic carbocycles. The van der Waals surface area contributed by atoms with Crippen molar-refractivity contribution in [3.05, 3.63) is 23.8 Å². The van der Waals surface area contributed by atoms with Gasteiger partial charge in [0.05, 0.1) is 14.2 Å². The summed E-state index contributed by atoms with van der Waals surface area (Å²) in [7, 11) is 3.22. The molecule has 5 heteroatoms. The van der Waals surface area contributed by atoms with Gasteiger partial charge in [-0.1, -0.05) is 6.92 Å². The summed E-state index contributed by atoms with van der Waals surface area (Å²) in [6.45, 7) is 7.58. The first-order valence-electron chi connectivity index (χ1n) is 9.83. The van der Waals surface area contributed by atoms with Gasteiger partial charge in [0.15, 0.2) is 0 Å². The van der Waals surface area contributed by atoms with Gasteiger partial charge in [0, 0.05) is 31.3 Å². The van der Waals surface area contributed by atoms with E-state index in [4.69, 9.17) is 9.47 Å². The largest absolute Gasteiger partial charge is 0.497 e. The highest BCUT2D eigenvalue weighted by molar-refractivity contribution is 5.95. The second kappa shape index (κ2) is 8.76. The molecule has 0 aromatic heterocycles. The Morgan fingerprint density at radius 3 is 2.31 bits per heavy atom. The van der Waals surface area contributed by atoms with Crippen molar-refractivity contribution in [3.8, 4) is 11.5 Å². The van der Waals surface area contributed by atoms with Crippen LogP contribution >= 0.6 is 0 Å². The van der Waals surface area contributed by atoms with Gasteiger partial charge in [-0.2, -0.15) is 0 Å². The summed E-state index contributed by atoms with van der Waals surface area (Å²) < 4.78 is 10.6. The number of nitrogens with zero attached hydrogens (tertiary/aromatic N) is 2. The molecule has 0 radical (unpaired) electrons. The second-order valence-electron chi connectivity index (χ2n) is 7.84. The van der Waals surface area contributed by atoms with E-state index in [0.717, 1.165) is 32.0 Å². The molecular formula is C21H32N2O3. The van der Waals surface area contributed by atoms with Crippen molar-refractivity contribution < 1.29 is 14.3 Å². The predicted octanol–water partition coefficient (Wildman–Crippen LogP) is 3.29. The SMILES string of the molecule is COc1cc(OC)cc(C(=O)N2CCCC(CN3CCC(C)CC3)C2)c1. The Morgan fingerprint density at radius 1 is 1.04 bits per heavy atom. The van der Waals surface area contributed by atoms with Crippen LogP contribution in [0.15, 0.2) is 18.2 Å². The van der Waals surface area contributed by atoms with E-state index in [1.807, 2.05) is 4.90 Å². The molecule has 2 saturated heterocycles. The fraction of sp³-hybridized carbons (Fsp3) is 0.667. The number of rotatable bonds is 5. The molecule has 0 spiro atoms. The number of benzene rings is 1. The van der Waals surface area contributed by atoms with Crippen LogP contribution in [-0.4, -0.2) is 62.7 Å². The molecule has 1 atom stereocenters. The van der Waals surface area contributed by atoms with E-state index in [9.17, 15) is 4.79 Å². The molecule has 5 nitrogen and oxygen atoms in total. The normalized spacial score (nSPS) is 22.3. The number of carbonyl (C=O) groups is 1. The van der Waals surface area contributed by atoms with Crippen molar-refractivity contribution in [2.45, 2.75) is 32.6 Å². The van der Waals surface area contributed by atoms with Crippen LogP contribution in [-0.2, 0) is 0 Å². The quantitative estimate of drug-likeness (QED) is 0.808. The van der Waals surface area contributed by atoms with Crippen LogP contribution in [0.1, 0.15) is 43.0 Å². The first-order chi connectivity index (χ1) is 12.6. The average molecular weight is 360 g/mol. The maximum atomic E-state index is 13.0. The van der Waals surface area contributed by atoms with E-state index in [-0.39, 0.29) is 5.91 Å². The topological polar surface area (TPSA) is 42.0 Å². The van der Waals surface area contributed by atoms with Crippen molar-refractivity contribution in [2.75, 3.05) is 46.9 Å². The van der Waals surface area contributed by atoms with Crippen LogP contribution in [0.2, 0.25) is 0 Å². The molecule has 2 aliphatic heterocycles. The highest BCUT2D eigenvalue weighted by Gasteiger charge is 2.27. The van der Waals surface area contributed by atoms with Crippen LogP contribution < -0.4 is 9.47 Å². The lowest BCUT2D eigenvalue weighted by Crippen LogP contribution is -2.45. The van der Waals surface area contributed by atoms with E-state index in [1.165, 1.54) is 32.4 Å². The third-order valence-corrected chi connectivity index (χ3v) is 5.80. The number of piperidine rings is 2. The Hall–Kier alpha value is -1.75. The summed E-state index contributed by atoms with van der Waals surface area (Å²) in [5, 5.41) is 0. The van der Waals surface area contributed by atoms with Gasteiger partial charge in [-0.3, -0.25) is 4.79 Å². The van der Waals surface area contributed by atoms with Crippen LogP contribution in [0.25, 0.3) is 0 Å². The molecule has 0 N–H and O–H groups in total. The lowest BCUT2D eigenvalue weighted by Gasteiger charge is -2.38. The molecule has 1 amide bonds. The third-order valence-electron chi connectivity index (χ3n) is 5.80. The molecular weight excluding hydrogens is 328 g/mol. The van der Waals surface area contributed by atoms with E-state index in [0.29, 0.717) is 23.0 Å². The zero-order valence-corrected chi connectivity index (χ0v) is 16.4. The molecule has 0 bridgehead atoms. The lowest BCUT2D eigenvalue weighted by molar-refractivity contribution is 0.0621. The molecule has 1 unspecified atom stereocenters. The van der Waals surface area contributed by atoms with Crippen LogP contribution in [0.4, 0.5) is 0 Å². The van der Waals surface area contributed by atoms with E-state index in [2.05, 4.69) is 11.8 Å². The van der Waals surface area contributed by atoms with Crippen LogP contribution in [0.3, 0.4) is 0 Å². The minimum absolute atomic E-state index is 0.0826. The number of hydrogen-bond acceptors (Lipinski definition) is 4. The highest BCUT2D eigenvalue weighted by Crippen LogP contribution is 2.26. The molecule has 2 fully saturated rings. The minimum atomic E-state index is 0.0826. The Morgan fingerprint density at radius 2 is 1.69 bits per heavy atom. The standard InChI is InChI=1S/C21H32N2O3/c1-16-6-9-22(10-7-16)14-17-5-4-8-23(15-17)21(24)18-11-19(25-2)13-20(12-18)26-3/h11-13,16-17H,4-10,14-15H2,1-3H3. The smallest absolute Gasteiger partial charge is 0.254 e. The lowest BCUT2D eigenvalue weighted by atomic mass is 9.94. The average Bonchev–Trinajstić information content (AvgIpc) is 2.69. The van der Waals surface area contributed by atoms with Gasteiger partial charge in [0.2, 0.25) is 0 Å². The molecule has 1 aromatic rings. The van der Waals surface area contributed by atoms with Crippen molar-refractivity contribution >= 4 is 5.91 Å². The first-order valence-corrected chi connectivity index (χ1v) is 9.83. The number of methoxy groups -OCH3 is 2. The van der Waals surface area contributed by atoms with E-state index in [1.54, 1.807) is 32.4 Å². The Bertz CT molecular complexity index is 589. The highest BCUT2D eigenvalue weighted by atomic mass is 16.5. The van der Waals surface area contributed by atoms with Crippen LogP contribution in [0, 0.1) is 11.8 Å². The fourth-order valence-electron chi connectivity index (χ4n) is 4.12. The second-order valence-corrected chi connectivity index (χ2v) is 7.84. The molecule has 2 aliphatic rings. The van der Waals surface area contributed by atoms with Crippen molar-refractivity contribution in [3.63, 3.8) is 0 Å². The summed E-state index contributed by atoms with van der Waals surface area (Å²) in [5.74, 6) is 2.83. The molecule has 26 heavy (non-hydrogen) atoms. The first kappa shape index (κ1) is 19.0. The third kappa shape index (κ3) is 4.70. The zero-order chi connectivity index (χ0) is 18.5. The van der Waals surface area contributed by atoms with Gasteiger partial charge in [0.25, 0.3) is 5.91 Å². The van der Waals surface area contributed by atoms with Gasteiger partial charge in [-0.25, -0.2) is 0 Å². The summed E-state index contributed by atoms with van der Waals surface area (Å²) in [4.78, 5) is 17.6. The molecule has 3 rings (SSSR count). The molecule has 144 valence electrons. The monoisotopic (exact) mass is 360 g/mol. The number of ether oxygens (including phenoxy) is 2. The van der Waals surface area contributed by atoms with Crippen molar-refractivity contribution in [2.24, 2.45) is 11.8 Å². The van der Waals surface area contributed by atoms with Crippen molar-refractivity contribution in [1.82, 2.24) is 9.80 Å². The van der Waals surface area contributed by atoms with Crippen LogP contribution in [0.5, 0.6) is 11.5 Å². The zero-order valence-electron chi connectivity index (χ0n) is 16.4. The molecule has 2 heterocycles. The summed E-state index contributed by atoms with van der Waals surface area (Å²) in [6, 6.07) is 5.41. The number of likely N-dealkylation sites (tertiary alicyclic amines) is 2. The van der Waals surface area contributed by atoms with Gasteiger partial charge in [-0.15, -0.1) is 0 Å². The maximum absolute atomic E-state index is 13.0. The number of amides is 1. The Balaban J connectivity index is 1.62. The fourth-order valence-corrected chi connectivity index (χ4v) is 4.12. The Labute approximate surface area is 157 Å². The summed E-state index contributed by atoms with van der Waals surface area (Å²) in [5.41, 5.74) is 0.647. The van der Waals surface area contributed by atoms with Gasteiger partial charge in [0.1, 0.15) is 11.5 Å². The minimum Gasteiger partial charge on any atom is -0.497 e. The molecule has 1 aromatic carbocycles. The van der Waals surface area contributed by atoms with E-state index >= 15 is 0 Å². The number of carbonyl (C=O) groups excluding carboxylic acids is 1.